The highest BCUT2D eigenvalue weighted by Crippen LogP contribution is 2.37. The van der Waals surface area contributed by atoms with Crippen LogP contribution in [0, 0.1) is 29.3 Å². The first-order valence-electron chi connectivity index (χ1n) is 12.1. The number of amides is 1. The van der Waals surface area contributed by atoms with Crippen LogP contribution >= 0.6 is 0 Å². The molecule has 3 heterocycles. The first-order valence-corrected chi connectivity index (χ1v) is 12.1. The first-order chi connectivity index (χ1) is 17.3. The first kappa shape index (κ1) is 24.3. The molecular weight excluding hydrogens is 475 g/mol. The van der Waals surface area contributed by atoms with Crippen LogP contribution in [0.4, 0.5) is 30.8 Å². The van der Waals surface area contributed by atoms with Gasteiger partial charge in [0.25, 0.3) is 0 Å². The van der Waals surface area contributed by atoms with Crippen LogP contribution in [0.15, 0.2) is 18.3 Å². The van der Waals surface area contributed by atoms with Crippen molar-refractivity contribution in [3.05, 3.63) is 35.8 Å². The van der Waals surface area contributed by atoms with Crippen LogP contribution in [0.25, 0.3) is 11.2 Å². The van der Waals surface area contributed by atoms with Gasteiger partial charge in [-0.3, -0.25) is 9.36 Å². The number of nitrogens with two attached hydrogens (primary N) is 1. The summed E-state index contributed by atoms with van der Waals surface area (Å²) < 4.78 is 49.6. The topological polar surface area (TPSA) is 120 Å². The van der Waals surface area contributed by atoms with Gasteiger partial charge in [-0.15, -0.1) is 0 Å². The molecule has 0 bridgehead atoms. The highest BCUT2D eigenvalue weighted by Gasteiger charge is 2.30. The largest absolute Gasteiger partial charge is 0.381 e. The van der Waals surface area contributed by atoms with E-state index in [2.05, 4.69) is 27.5 Å². The van der Waals surface area contributed by atoms with E-state index in [-0.39, 0.29) is 35.8 Å². The number of carbonyl (C=O) groups excluding carboxylic acids is 1. The maximum absolute atomic E-state index is 14.4. The monoisotopic (exact) mass is 503 g/mol. The third-order valence-corrected chi connectivity index (χ3v) is 7.10. The Bertz CT molecular complexity index is 1250. The molecule has 2 aromatic heterocycles. The number of imidazole rings is 1. The second-order valence-electron chi connectivity index (χ2n) is 9.58. The number of hydrogen-bond donors (Lipinski definition) is 3. The number of benzene rings is 1. The zero-order valence-corrected chi connectivity index (χ0v) is 19.8. The lowest BCUT2D eigenvalue weighted by Crippen LogP contribution is -2.36. The predicted molar refractivity (Wildman–Crippen MR) is 127 cm³/mol. The number of ether oxygens (including phenoxy) is 1. The van der Waals surface area contributed by atoms with Crippen molar-refractivity contribution in [1.82, 2.24) is 19.5 Å². The molecule has 3 aromatic rings. The van der Waals surface area contributed by atoms with Gasteiger partial charge in [-0.2, -0.15) is 4.98 Å². The molecular formula is C24H28F3N7O2. The summed E-state index contributed by atoms with van der Waals surface area (Å²) in [6.07, 6.45) is 4.73. The Morgan fingerprint density at radius 1 is 1.11 bits per heavy atom. The van der Waals surface area contributed by atoms with E-state index in [0.717, 1.165) is 6.42 Å². The molecule has 1 saturated carbocycles. The molecule has 0 unspecified atom stereocenters. The summed E-state index contributed by atoms with van der Waals surface area (Å²) >= 11 is 0. The second-order valence-corrected chi connectivity index (χ2v) is 9.58. The quantitative estimate of drug-likeness (QED) is 0.464. The van der Waals surface area contributed by atoms with Crippen molar-refractivity contribution < 1.29 is 22.7 Å². The number of fused-ring (bicyclic) bond motifs is 1. The van der Waals surface area contributed by atoms with Gasteiger partial charge >= 0.3 is 0 Å². The summed E-state index contributed by atoms with van der Waals surface area (Å²) in [5, 5.41) is 6.08. The van der Waals surface area contributed by atoms with E-state index in [4.69, 9.17) is 15.5 Å². The second kappa shape index (κ2) is 9.92. The van der Waals surface area contributed by atoms with Crippen LogP contribution in [0.2, 0.25) is 0 Å². The summed E-state index contributed by atoms with van der Waals surface area (Å²) in [4.78, 5) is 25.3. The van der Waals surface area contributed by atoms with Crippen LogP contribution < -0.4 is 16.4 Å². The number of carbonyl (C=O) groups is 1. The third kappa shape index (κ3) is 4.81. The average molecular weight is 504 g/mol. The van der Waals surface area contributed by atoms with Crippen molar-refractivity contribution in [2.45, 2.75) is 51.1 Å². The Morgan fingerprint density at radius 3 is 2.50 bits per heavy atom. The van der Waals surface area contributed by atoms with E-state index in [1.165, 1.54) is 0 Å². The number of halogens is 3. The molecule has 1 aliphatic heterocycles. The minimum absolute atomic E-state index is 0.138. The highest BCUT2D eigenvalue weighted by molar-refractivity contribution is 5.78. The van der Waals surface area contributed by atoms with Crippen LogP contribution in [-0.2, 0) is 9.53 Å². The fourth-order valence-corrected chi connectivity index (χ4v) is 5.05. The van der Waals surface area contributed by atoms with Crippen molar-refractivity contribution >= 4 is 34.7 Å². The van der Waals surface area contributed by atoms with Gasteiger partial charge in [0, 0.05) is 36.7 Å². The highest BCUT2D eigenvalue weighted by atomic mass is 19.1. The SMILES string of the molecule is C[C@H]1COCC[C@@H]1Nc1ncc2nc(Nc3c(F)cc(F)cc3F)n(C3CCC(C(N)=O)CC3)c2n1. The smallest absolute Gasteiger partial charge is 0.224 e. The van der Waals surface area contributed by atoms with Crippen molar-refractivity contribution in [2.75, 3.05) is 23.8 Å². The number of nitrogens with zero attached hydrogens (tertiary/aromatic N) is 4. The molecule has 1 aromatic carbocycles. The minimum Gasteiger partial charge on any atom is -0.381 e. The van der Waals surface area contributed by atoms with Gasteiger partial charge in [0.2, 0.25) is 17.8 Å². The number of aromatic nitrogens is 4. The van der Waals surface area contributed by atoms with Crippen LogP contribution in [-0.4, -0.2) is 44.7 Å². The molecule has 1 aliphatic carbocycles. The van der Waals surface area contributed by atoms with Gasteiger partial charge in [-0.1, -0.05) is 6.92 Å². The summed E-state index contributed by atoms with van der Waals surface area (Å²) in [6, 6.07) is 1.20. The van der Waals surface area contributed by atoms with Gasteiger partial charge in [-0.05, 0) is 38.0 Å². The molecule has 4 N–H and O–H groups in total. The number of primary amides is 1. The molecule has 36 heavy (non-hydrogen) atoms. The molecule has 2 fully saturated rings. The lowest BCUT2D eigenvalue weighted by Gasteiger charge is -2.30. The summed E-state index contributed by atoms with van der Waals surface area (Å²) in [5.41, 5.74) is 5.90. The van der Waals surface area contributed by atoms with E-state index in [1.807, 2.05) is 0 Å². The minimum atomic E-state index is -1.08. The van der Waals surface area contributed by atoms with Crippen LogP contribution in [0.1, 0.15) is 45.1 Å². The molecule has 9 nitrogen and oxygen atoms in total. The number of anilines is 3. The van der Waals surface area contributed by atoms with E-state index in [9.17, 15) is 18.0 Å². The van der Waals surface area contributed by atoms with Gasteiger partial charge in [0.1, 0.15) is 17.0 Å². The molecule has 2 aliphatic rings. The van der Waals surface area contributed by atoms with E-state index in [0.29, 0.717) is 68.1 Å². The number of rotatable bonds is 6. The Kier molecular flexibility index (Phi) is 6.69. The fraction of sp³-hybridized carbons (Fsp3) is 0.500. The molecule has 192 valence electrons. The zero-order chi connectivity index (χ0) is 25.4. The Morgan fingerprint density at radius 2 is 1.83 bits per heavy atom. The molecule has 1 amide bonds. The summed E-state index contributed by atoms with van der Waals surface area (Å²) in [6.45, 7) is 3.38. The Labute approximate surface area is 205 Å². The van der Waals surface area contributed by atoms with Crippen molar-refractivity contribution in [3.63, 3.8) is 0 Å². The molecule has 0 radical (unpaired) electrons. The van der Waals surface area contributed by atoms with Crippen LogP contribution in [0.3, 0.4) is 0 Å². The van der Waals surface area contributed by atoms with Crippen molar-refractivity contribution in [2.24, 2.45) is 17.6 Å². The molecule has 2 atom stereocenters. The zero-order valence-electron chi connectivity index (χ0n) is 19.8. The van der Waals surface area contributed by atoms with Crippen molar-refractivity contribution in [1.29, 1.82) is 0 Å². The molecule has 1 saturated heterocycles. The Hall–Kier alpha value is -3.41. The van der Waals surface area contributed by atoms with E-state index in [1.54, 1.807) is 10.8 Å². The Balaban J connectivity index is 1.53. The van der Waals surface area contributed by atoms with E-state index < -0.39 is 23.1 Å². The molecule has 0 spiro atoms. The normalized spacial score (nSPS) is 24.6. The van der Waals surface area contributed by atoms with E-state index >= 15 is 0 Å². The molecule has 5 rings (SSSR count). The maximum atomic E-state index is 14.4. The summed E-state index contributed by atoms with van der Waals surface area (Å²) in [7, 11) is 0. The van der Waals surface area contributed by atoms with Crippen molar-refractivity contribution in [3.8, 4) is 0 Å². The summed E-state index contributed by atoms with van der Waals surface area (Å²) in [5.74, 6) is -2.89. The average Bonchev–Trinajstić information content (AvgIpc) is 3.20. The van der Waals surface area contributed by atoms with Gasteiger partial charge in [0.15, 0.2) is 17.3 Å². The lowest BCUT2D eigenvalue weighted by molar-refractivity contribution is -0.122. The standard InChI is InChI=1S/C24H28F3N7O2/c1-12-11-36-7-6-18(12)30-23-29-10-19-22(33-23)34(15-4-2-13(3-5-15)21(28)35)24(31-19)32-20-16(26)8-14(25)9-17(20)27/h8-10,12-13,15,18H,2-7,11H2,1H3,(H2,28,35)(H,31,32)(H,29,30,33)/t12-,13?,15?,18-/m0/s1. The fourth-order valence-electron chi connectivity index (χ4n) is 5.05. The van der Waals surface area contributed by atoms with Crippen LogP contribution in [0.5, 0.6) is 0 Å². The van der Waals surface area contributed by atoms with Gasteiger partial charge < -0.3 is 21.1 Å². The number of hydrogen-bond acceptors (Lipinski definition) is 7. The van der Waals surface area contributed by atoms with Gasteiger partial charge in [0.05, 0.1) is 12.8 Å². The maximum Gasteiger partial charge on any atom is 0.224 e. The lowest BCUT2D eigenvalue weighted by atomic mass is 9.85. The predicted octanol–water partition coefficient (Wildman–Crippen LogP) is 4.04. The van der Waals surface area contributed by atoms with Gasteiger partial charge in [-0.25, -0.2) is 23.1 Å². The number of nitrogens with one attached hydrogen (secondary N) is 2. The molecule has 12 heteroatoms. The third-order valence-electron chi connectivity index (χ3n) is 7.10.